The lowest BCUT2D eigenvalue weighted by molar-refractivity contribution is -0.116. The number of benzene rings is 1. The maximum atomic E-state index is 12.1. The Morgan fingerprint density at radius 2 is 1.96 bits per heavy atom. The standard InChI is InChI=1S/C18H21N5O2S/c24-16(12-22-10-11-26-18(22)25)19-14-7-5-13(6-8-14)17-21-20-15-4-2-1-3-9-23(15)17/h5-8H,1-4,9-12H2,(H,19,24). The molecule has 0 atom stereocenters. The average molecular weight is 371 g/mol. The lowest BCUT2D eigenvalue weighted by atomic mass is 10.2. The molecule has 7 nitrogen and oxygen atoms in total. The zero-order valence-corrected chi connectivity index (χ0v) is 15.3. The van der Waals surface area contributed by atoms with Crippen LogP contribution < -0.4 is 5.32 Å². The number of anilines is 1. The Bertz CT molecular complexity index is 817. The van der Waals surface area contributed by atoms with Gasteiger partial charge in [0.2, 0.25) is 5.91 Å². The van der Waals surface area contributed by atoms with Gasteiger partial charge in [0.15, 0.2) is 5.82 Å². The molecule has 2 aromatic rings. The molecule has 0 bridgehead atoms. The van der Waals surface area contributed by atoms with Crippen molar-refractivity contribution in [2.45, 2.75) is 32.2 Å². The van der Waals surface area contributed by atoms with Crippen LogP contribution in [-0.2, 0) is 17.8 Å². The van der Waals surface area contributed by atoms with Crippen LogP contribution in [0.4, 0.5) is 10.5 Å². The normalized spacial score (nSPS) is 17.1. The molecule has 1 aromatic carbocycles. The first-order chi connectivity index (χ1) is 12.7. The molecule has 0 unspecified atom stereocenters. The van der Waals surface area contributed by atoms with Gasteiger partial charge in [0, 0.05) is 36.5 Å². The number of rotatable bonds is 4. The van der Waals surface area contributed by atoms with E-state index in [0.29, 0.717) is 12.2 Å². The monoisotopic (exact) mass is 371 g/mol. The lowest BCUT2D eigenvalue weighted by Gasteiger charge is -2.14. The third-order valence-corrected chi connectivity index (χ3v) is 5.61. The van der Waals surface area contributed by atoms with Crippen molar-refractivity contribution in [1.82, 2.24) is 19.7 Å². The largest absolute Gasteiger partial charge is 0.325 e. The molecule has 4 rings (SSSR count). The fourth-order valence-corrected chi connectivity index (χ4v) is 4.17. The molecule has 1 aromatic heterocycles. The summed E-state index contributed by atoms with van der Waals surface area (Å²) in [7, 11) is 0. The fourth-order valence-electron chi connectivity index (χ4n) is 3.34. The summed E-state index contributed by atoms with van der Waals surface area (Å²) in [6, 6.07) is 7.64. The molecule has 2 aliphatic rings. The molecule has 1 N–H and O–H groups in total. The van der Waals surface area contributed by atoms with Crippen molar-refractivity contribution in [3.8, 4) is 11.4 Å². The van der Waals surface area contributed by atoms with Crippen molar-refractivity contribution in [1.29, 1.82) is 0 Å². The minimum atomic E-state index is -0.176. The van der Waals surface area contributed by atoms with Crippen LogP contribution in [0.15, 0.2) is 24.3 Å². The zero-order valence-electron chi connectivity index (χ0n) is 14.5. The van der Waals surface area contributed by atoms with E-state index in [1.54, 1.807) is 4.90 Å². The minimum absolute atomic E-state index is 0.0250. The maximum Gasteiger partial charge on any atom is 0.282 e. The Labute approximate surface area is 156 Å². The van der Waals surface area contributed by atoms with Gasteiger partial charge in [-0.1, -0.05) is 18.2 Å². The van der Waals surface area contributed by atoms with E-state index in [4.69, 9.17) is 0 Å². The average Bonchev–Trinajstić information content (AvgIpc) is 3.14. The van der Waals surface area contributed by atoms with Crippen molar-refractivity contribution in [3.05, 3.63) is 30.1 Å². The minimum Gasteiger partial charge on any atom is -0.325 e. The first-order valence-electron chi connectivity index (χ1n) is 8.95. The van der Waals surface area contributed by atoms with Gasteiger partial charge in [-0.15, -0.1) is 10.2 Å². The second kappa shape index (κ2) is 7.49. The third kappa shape index (κ3) is 3.60. The van der Waals surface area contributed by atoms with E-state index in [1.807, 2.05) is 24.3 Å². The number of carbonyl (C=O) groups excluding carboxylic acids is 2. The zero-order chi connectivity index (χ0) is 17.9. The molecule has 8 heteroatoms. The van der Waals surface area contributed by atoms with Crippen molar-refractivity contribution in [2.24, 2.45) is 0 Å². The first-order valence-corrected chi connectivity index (χ1v) is 9.93. The van der Waals surface area contributed by atoms with E-state index >= 15 is 0 Å². The summed E-state index contributed by atoms with van der Waals surface area (Å²) < 4.78 is 2.21. The molecular formula is C18H21N5O2S. The van der Waals surface area contributed by atoms with Gasteiger partial charge in [-0.2, -0.15) is 0 Å². The number of thioether (sulfide) groups is 1. The smallest absolute Gasteiger partial charge is 0.282 e. The molecular weight excluding hydrogens is 350 g/mol. The molecule has 2 amide bonds. The number of amides is 2. The quantitative estimate of drug-likeness (QED) is 0.894. The van der Waals surface area contributed by atoms with Gasteiger partial charge in [0.25, 0.3) is 5.24 Å². The highest BCUT2D eigenvalue weighted by atomic mass is 32.2. The van der Waals surface area contributed by atoms with Crippen molar-refractivity contribution in [3.63, 3.8) is 0 Å². The van der Waals surface area contributed by atoms with E-state index in [2.05, 4.69) is 20.1 Å². The van der Waals surface area contributed by atoms with Crippen LogP contribution >= 0.6 is 11.8 Å². The van der Waals surface area contributed by atoms with E-state index in [0.717, 1.165) is 42.4 Å². The van der Waals surface area contributed by atoms with Crippen LogP contribution in [0.5, 0.6) is 0 Å². The van der Waals surface area contributed by atoms with E-state index in [9.17, 15) is 9.59 Å². The van der Waals surface area contributed by atoms with Crippen LogP contribution in [0.2, 0.25) is 0 Å². The van der Waals surface area contributed by atoms with Gasteiger partial charge in [0.05, 0.1) is 0 Å². The summed E-state index contributed by atoms with van der Waals surface area (Å²) in [4.78, 5) is 25.3. The summed E-state index contributed by atoms with van der Waals surface area (Å²) in [6.07, 6.45) is 4.53. The number of hydrogen-bond acceptors (Lipinski definition) is 5. The Morgan fingerprint density at radius 3 is 2.73 bits per heavy atom. The number of aryl methyl sites for hydroxylation is 1. The molecule has 136 valence electrons. The van der Waals surface area contributed by atoms with Gasteiger partial charge in [-0.05, 0) is 37.1 Å². The number of aromatic nitrogens is 3. The summed E-state index contributed by atoms with van der Waals surface area (Å²) in [6.45, 7) is 1.69. The topological polar surface area (TPSA) is 80.1 Å². The number of nitrogens with zero attached hydrogens (tertiary/aromatic N) is 4. The third-order valence-electron chi connectivity index (χ3n) is 4.72. The first kappa shape index (κ1) is 17.1. The molecule has 1 saturated heterocycles. The van der Waals surface area contributed by atoms with Crippen LogP contribution in [0, 0.1) is 0 Å². The second-order valence-electron chi connectivity index (χ2n) is 6.56. The van der Waals surface area contributed by atoms with E-state index < -0.39 is 0 Å². The van der Waals surface area contributed by atoms with Crippen LogP contribution in [0.3, 0.4) is 0 Å². The Morgan fingerprint density at radius 1 is 1.12 bits per heavy atom. The highest BCUT2D eigenvalue weighted by Crippen LogP contribution is 2.24. The number of carbonyl (C=O) groups is 2. The molecule has 0 radical (unpaired) electrons. The molecule has 1 fully saturated rings. The summed E-state index contributed by atoms with van der Waals surface area (Å²) in [5, 5.41) is 11.5. The van der Waals surface area contributed by atoms with Crippen molar-refractivity contribution in [2.75, 3.05) is 24.2 Å². The fraction of sp³-hybridized carbons (Fsp3) is 0.444. The van der Waals surface area contributed by atoms with Gasteiger partial charge >= 0.3 is 0 Å². The number of fused-ring (bicyclic) bond motifs is 1. The lowest BCUT2D eigenvalue weighted by Crippen LogP contribution is -2.33. The molecule has 0 aliphatic carbocycles. The van der Waals surface area contributed by atoms with Gasteiger partial charge < -0.3 is 14.8 Å². The van der Waals surface area contributed by atoms with Gasteiger partial charge in [0.1, 0.15) is 12.4 Å². The van der Waals surface area contributed by atoms with Gasteiger partial charge in [-0.25, -0.2) is 0 Å². The molecule has 2 aliphatic heterocycles. The SMILES string of the molecule is O=C(CN1CCSC1=O)Nc1ccc(-c2nnc3n2CCCCC3)cc1. The summed E-state index contributed by atoms with van der Waals surface area (Å²) in [5.74, 6) is 2.52. The highest BCUT2D eigenvalue weighted by Gasteiger charge is 2.23. The predicted molar refractivity (Wildman–Crippen MR) is 101 cm³/mol. The van der Waals surface area contributed by atoms with Crippen molar-refractivity contribution < 1.29 is 9.59 Å². The Kier molecular flexibility index (Phi) is 4.92. The van der Waals surface area contributed by atoms with E-state index in [1.165, 1.54) is 24.6 Å². The van der Waals surface area contributed by atoms with Crippen LogP contribution in [0.1, 0.15) is 25.1 Å². The Hall–Kier alpha value is -2.35. The Balaban J connectivity index is 1.43. The molecule has 0 saturated carbocycles. The van der Waals surface area contributed by atoms with E-state index in [-0.39, 0.29) is 17.7 Å². The predicted octanol–water partition coefficient (Wildman–Crippen LogP) is 2.78. The summed E-state index contributed by atoms with van der Waals surface area (Å²) >= 11 is 1.26. The van der Waals surface area contributed by atoms with Crippen LogP contribution in [0.25, 0.3) is 11.4 Å². The molecule has 3 heterocycles. The second-order valence-corrected chi connectivity index (χ2v) is 7.61. The maximum absolute atomic E-state index is 12.1. The molecule has 26 heavy (non-hydrogen) atoms. The van der Waals surface area contributed by atoms with Crippen LogP contribution in [-0.4, -0.2) is 49.7 Å². The highest BCUT2D eigenvalue weighted by molar-refractivity contribution is 8.13. The number of hydrogen-bond donors (Lipinski definition) is 1. The van der Waals surface area contributed by atoms with Crippen molar-refractivity contribution >= 4 is 28.6 Å². The molecule has 0 spiro atoms. The van der Waals surface area contributed by atoms with Gasteiger partial charge in [-0.3, -0.25) is 9.59 Å². The number of nitrogens with one attached hydrogen (secondary N) is 1. The summed E-state index contributed by atoms with van der Waals surface area (Å²) in [5.41, 5.74) is 1.71.